The molecule has 0 aliphatic heterocycles. The van der Waals surface area contributed by atoms with Gasteiger partial charge in [0.2, 0.25) is 0 Å². The Morgan fingerprint density at radius 3 is 1.81 bits per heavy atom. The Kier molecular flexibility index (Phi) is 11.2. The van der Waals surface area contributed by atoms with Gasteiger partial charge in [-0.1, -0.05) is 0 Å². The highest BCUT2D eigenvalue weighted by atomic mass is 127. The molecule has 3 aromatic carbocycles. The van der Waals surface area contributed by atoms with Crippen LogP contribution in [-0.4, -0.2) is 27.4 Å². The Labute approximate surface area is 286 Å². The molecule has 3 aromatic rings. The second-order valence-electron chi connectivity index (χ2n) is 6.88. The molecule has 0 spiro atoms. The highest BCUT2D eigenvalue weighted by molar-refractivity contribution is 14.1. The first-order chi connectivity index (χ1) is 17.0. The molecule has 0 saturated carbocycles. The van der Waals surface area contributed by atoms with Gasteiger partial charge < -0.3 is 13.5 Å². The van der Waals surface area contributed by atoms with Gasteiger partial charge in [-0.25, -0.2) is 8.42 Å². The molecule has 0 aromatic heterocycles. The molecule has 0 heterocycles. The second-order valence-corrected chi connectivity index (χ2v) is 16.4. The van der Waals surface area contributed by atoms with Crippen molar-refractivity contribution in [2.24, 2.45) is 0 Å². The standard InChI is InChI=1S/C20H9Br4I3O8S2/c21-15-11(7-14(28)34-9-3-1-8(25)2-4-9)19(18(24)17(23)16(15)22)37(32,33)35-10-5-12(26)20(13(27)6-10)36(29,30)31/h1-6H,7H2,(H,29,30,31)/p-1. The molecule has 0 unspecified atom stereocenters. The van der Waals surface area contributed by atoms with Gasteiger partial charge in [0.15, 0.2) is 0 Å². The topological polar surface area (TPSA) is 127 Å². The summed E-state index contributed by atoms with van der Waals surface area (Å²) in [5.74, 6) is -0.667. The van der Waals surface area contributed by atoms with Crippen LogP contribution in [0.1, 0.15) is 5.56 Å². The van der Waals surface area contributed by atoms with E-state index in [9.17, 15) is 26.2 Å². The Hall–Kier alpha value is 0.900. The minimum atomic E-state index is -4.79. The molecule has 0 aliphatic rings. The molecule has 0 N–H and O–H groups in total. The van der Waals surface area contributed by atoms with E-state index < -0.39 is 37.5 Å². The molecule has 198 valence electrons. The van der Waals surface area contributed by atoms with E-state index >= 15 is 0 Å². The monoisotopic (exact) mass is 1140 g/mol. The van der Waals surface area contributed by atoms with Gasteiger partial charge in [-0.15, -0.1) is 0 Å². The van der Waals surface area contributed by atoms with Crippen molar-refractivity contribution < 1.29 is 35.1 Å². The third-order valence-corrected chi connectivity index (χ3v) is 14.9. The molecule has 0 saturated heterocycles. The van der Waals surface area contributed by atoms with Crippen LogP contribution in [0.5, 0.6) is 11.5 Å². The fourth-order valence-electron chi connectivity index (χ4n) is 2.88. The number of hydrogen-bond donors (Lipinski definition) is 0. The number of carbonyl (C=O) groups is 1. The van der Waals surface area contributed by atoms with Crippen molar-refractivity contribution in [3.05, 3.63) is 70.6 Å². The molecule has 0 aliphatic carbocycles. The van der Waals surface area contributed by atoms with E-state index in [-0.39, 0.29) is 38.0 Å². The summed E-state index contributed by atoms with van der Waals surface area (Å²) >= 11 is 18.6. The molecule has 37 heavy (non-hydrogen) atoms. The zero-order valence-electron chi connectivity index (χ0n) is 17.4. The van der Waals surface area contributed by atoms with Crippen molar-refractivity contribution in [1.29, 1.82) is 0 Å². The quantitative estimate of drug-likeness (QED) is 0.0457. The maximum atomic E-state index is 13.5. The van der Waals surface area contributed by atoms with E-state index in [0.717, 1.165) is 15.7 Å². The summed E-state index contributed by atoms with van der Waals surface area (Å²) in [7, 11) is -9.41. The zero-order valence-corrected chi connectivity index (χ0v) is 31.8. The van der Waals surface area contributed by atoms with E-state index in [2.05, 4.69) is 86.3 Å². The lowest BCUT2D eigenvalue weighted by molar-refractivity contribution is -0.133. The number of ether oxygens (including phenoxy) is 1. The molecule has 0 radical (unpaired) electrons. The van der Waals surface area contributed by atoms with Crippen LogP contribution < -0.4 is 8.92 Å². The number of halogens is 7. The zero-order chi connectivity index (χ0) is 27.9. The predicted octanol–water partition coefficient (Wildman–Crippen LogP) is 7.37. The number of benzene rings is 3. The van der Waals surface area contributed by atoms with Gasteiger partial charge in [0.1, 0.15) is 26.5 Å². The van der Waals surface area contributed by atoms with Gasteiger partial charge in [0.25, 0.3) is 0 Å². The van der Waals surface area contributed by atoms with Crippen molar-refractivity contribution in [2.75, 3.05) is 0 Å². The summed E-state index contributed by atoms with van der Waals surface area (Å²) in [6.45, 7) is 0. The van der Waals surface area contributed by atoms with Crippen LogP contribution in [0.15, 0.2) is 64.1 Å². The van der Waals surface area contributed by atoms with Gasteiger partial charge in [-0.3, -0.25) is 4.79 Å². The van der Waals surface area contributed by atoms with E-state index in [4.69, 9.17) is 8.92 Å². The molecular weight excluding hydrogens is 1130 g/mol. The summed E-state index contributed by atoms with van der Waals surface area (Å²) in [5.41, 5.74) is 0.0422. The Morgan fingerprint density at radius 2 is 1.30 bits per heavy atom. The Balaban J connectivity index is 2.07. The summed E-state index contributed by atoms with van der Waals surface area (Å²) in [4.78, 5) is 11.9. The fraction of sp³-hybridized carbons (Fsp3) is 0.0500. The average Bonchev–Trinajstić information content (AvgIpc) is 2.75. The third kappa shape index (κ3) is 7.80. The van der Waals surface area contributed by atoms with Crippen LogP contribution in [-0.2, 0) is 31.5 Å². The average molecular weight is 1140 g/mol. The molecule has 0 amide bonds. The van der Waals surface area contributed by atoms with Crippen LogP contribution in [0.4, 0.5) is 0 Å². The lowest BCUT2D eigenvalue weighted by Crippen LogP contribution is -2.19. The van der Waals surface area contributed by atoms with Crippen LogP contribution in [0.3, 0.4) is 0 Å². The Bertz CT molecular complexity index is 1610. The van der Waals surface area contributed by atoms with Gasteiger partial charge in [-0.2, -0.15) is 8.42 Å². The van der Waals surface area contributed by atoms with Gasteiger partial charge in [-0.05, 0) is 168 Å². The minimum absolute atomic E-state index is 0.0109. The molecule has 3 rings (SSSR count). The van der Waals surface area contributed by atoms with Crippen LogP contribution in [0.2, 0.25) is 0 Å². The molecule has 17 heteroatoms. The maximum absolute atomic E-state index is 13.5. The first-order valence-electron chi connectivity index (χ1n) is 9.23. The summed E-state index contributed by atoms with van der Waals surface area (Å²) in [5, 5.41) is 0. The van der Waals surface area contributed by atoms with Gasteiger partial charge in [0, 0.05) is 29.7 Å². The number of hydrogen-bond acceptors (Lipinski definition) is 8. The van der Waals surface area contributed by atoms with E-state index in [1.165, 1.54) is 0 Å². The molecule has 0 fully saturated rings. The lowest BCUT2D eigenvalue weighted by atomic mass is 10.1. The van der Waals surface area contributed by atoms with Crippen LogP contribution >= 0.6 is 131 Å². The second kappa shape index (κ2) is 12.8. The Morgan fingerprint density at radius 1 is 0.784 bits per heavy atom. The predicted molar refractivity (Wildman–Crippen MR) is 173 cm³/mol. The normalized spacial score (nSPS) is 11.9. The van der Waals surface area contributed by atoms with E-state index in [0.29, 0.717) is 8.95 Å². The molecule has 8 nitrogen and oxygen atoms in total. The summed E-state index contributed by atoms with van der Waals surface area (Å²) < 4.78 is 74.4. The van der Waals surface area contributed by atoms with Gasteiger partial charge >= 0.3 is 16.1 Å². The van der Waals surface area contributed by atoms with Crippen LogP contribution in [0, 0.1) is 10.7 Å². The minimum Gasteiger partial charge on any atom is -0.744 e. The number of carbonyl (C=O) groups excluding carboxylic acids is 1. The van der Waals surface area contributed by atoms with Crippen molar-refractivity contribution in [1.82, 2.24) is 0 Å². The first kappa shape index (κ1) is 32.4. The summed E-state index contributed by atoms with van der Waals surface area (Å²) in [6.07, 6.45) is -0.447. The smallest absolute Gasteiger partial charge is 0.340 e. The highest BCUT2D eigenvalue weighted by Gasteiger charge is 2.32. The molecule has 0 atom stereocenters. The largest absolute Gasteiger partial charge is 0.744 e. The molecular formula is C20H8Br4I3O8S2-. The maximum Gasteiger partial charge on any atom is 0.340 e. The third-order valence-electron chi connectivity index (χ3n) is 4.36. The van der Waals surface area contributed by atoms with Crippen molar-refractivity contribution in [3.8, 4) is 11.5 Å². The first-order valence-corrected chi connectivity index (χ1v) is 18.5. The summed E-state index contributed by atoms with van der Waals surface area (Å²) in [6, 6.07) is 8.96. The lowest BCUT2D eigenvalue weighted by Gasteiger charge is -2.18. The van der Waals surface area contributed by atoms with E-state index in [1.807, 2.05) is 0 Å². The van der Waals surface area contributed by atoms with Crippen LogP contribution in [0.25, 0.3) is 0 Å². The number of esters is 1. The van der Waals surface area contributed by atoms with Crippen molar-refractivity contribution >= 4 is 158 Å². The fourth-order valence-corrected chi connectivity index (χ4v) is 11.6. The SMILES string of the molecule is O=C(Cc1c(Br)c(Br)c(Br)c(Br)c1S(=O)(=O)Oc1cc(I)c(S(=O)(=O)[O-])c(I)c1)Oc1ccc(I)cc1. The van der Waals surface area contributed by atoms with Crippen molar-refractivity contribution in [2.45, 2.75) is 16.2 Å². The molecule has 0 bridgehead atoms. The van der Waals surface area contributed by atoms with E-state index in [1.54, 1.807) is 69.4 Å². The van der Waals surface area contributed by atoms with Crippen molar-refractivity contribution in [3.63, 3.8) is 0 Å². The number of rotatable bonds is 7. The highest BCUT2D eigenvalue weighted by Crippen LogP contribution is 2.45. The van der Waals surface area contributed by atoms with Gasteiger partial charge in [0.05, 0.1) is 15.8 Å².